The second-order valence-electron chi connectivity index (χ2n) is 9.48. The summed E-state index contributed by atoms with van der Waals surface area (Å²) in [7, 11) is 0. The van der Waals surface area contributed by atoms with Gasteiger partial charge in [-0.1, -0.05) is 142 Å². The van der Waals surface area contributed by atoms with Gasteiger partial charge in [0.25, 0.3) is 0 Å². The molecule has 1 heteroatoms. The van der Waals surface area contributed by atoms with Crippen LogP contribution in [0.1, 0.15) is 52.5 Å². The van der Waals surface area contributed by atoms with E-state index in [1.54, 1.807) is 0 Å². The molecule has 0 spiro atoms. The zero-order chi connectivity index (χ0) is 28.6. The van der Waals surface area contributed by atoms with E-state index in [4.69, 9.17) is 0 Å². The molecule has 0 saturated heterocycles. The summed E-state index contributed by atoms with van der Waals surface area (Å²) in [4.78, 5) is 2.25. The summed E-state index contributed by atoms with van der Waals surface area (Å²) in [5.74, 6) is 1.02. The van der Waals surface area contributed by atoms with Gasteiger partial charge in [0.15, 0.2) is 0 Å². The quantitative estimate of drug-likeness (QED) is 0.228. The molecule has 0 saturated carbocycles. The Balaban J connectivity index is 0.000000422. The van der Waals surface area contributed by atoms with Crippen molar-refractivity contribution in [3.05, 3.63) is 168 Å². The van der Waals surface area contributed by atoms with Crippen LogP contribution in [0.4, 0.5) is 5.69 Å². The minimum atomic E-state index is 0.253. The van der Waals surface area contributed by atoms with E-state index in [1.165, 1.54) is 23.1 Å². The second-order valence-corrected chi connectivity index (χ2v) is 9.48. The molecule has 1 nitrogen and oxygen atoms in total. The van der Waals surface area contributed by atoms with Gasteiger partial charge in [0.2, 0.25) is 0 Å². The third-order valence-electron chi connectivity index (χ3n) is 6.62. The summed E-state index contributed by atoms with van der Waals surface area (Å²) in [5.41, 5.74) is 10.5. The van der Waals surface area contributed by atoms with Crippen molar-refractivity contribution in [2.75, 3.05) is 4.90 Å². The maximum Gasteiger partial charge on any atom is 0.0884 e. The topological polar surface area (TPSA) is 3.24 Å². The van der Waals surface area contributed by atoms with Gasteiger partial charge in [-0.3, -0.25) is 0 Å². The third kappa shape index (κ3) is 8.60. The van der Waals surface area contributed by atoms with Crippen molar-refractivity contribution in [1.82, 2.24) is 0 Å². The molecule has 3 aromatic carbocycles. The lowest BCUT2D eigenvalue weighted by molar-refractivity contribution is 0.737. The van der Waals surface area contributed by atoms with E-state index in [0.717, 1.165) is 23.0 Å². The number of rotatable bonds is 6. The number of allylic oxidation sites excluding steroid dienone is 9. The summed E-state index contributed by atoms with van der Waals surface area (Å²) >= 11 is 0. The minimum absolute atomic E-state index is 0.253. The molecule has 0 aliphatic heterocycles. The van der Waals surface area contributed by atoms with Gasteiger partial charge in [0, 0.05) is 17.3 Å². The molecule has 40 heavy (non-hydrogen) atoms. The second kappa shape index (κ2) is 16.6. The monoisotopic (exact) mass is 525 g/mol. The van der Waals surface area contributed by atoms with Gasteiger partial charge in [-0.2, -0.15) is 0 Å². The number of hydrogen-bond acceptors (Lipinski definition) is 1. The van der Waals surface area contributed by atoms with E-state index in [9.17, 15) is 0 Å². The van der Waals surface area contributed by atoms with Crippen LogP contribution in [-0.2, 0) is 0 Å². The zero-order valence-corrected chi connectivity index (χ0v) is 24.7. The van der Waals surface area contributed by atoms with Crippen LogP contribution in [0, 0.1) is 5.92 Å². The van der Waals surface area contributed by atoms with E-state index in [0.29, 0.717) is 0 Å². The molecule has 2 atom stereocenters. The van der Waals surface area contributed by atoms with E-state index in [-0.39, 0.29) is 5.92 Å². The molecule has 204 valence electrons. The van der Waals surface area contributed by atoms with Crippen molar-refractivity contribution in [2.24, 2.45) is 5.92 Å². The normalized spacial score (nSPS) is 17.4. The van der Waals surface area contributed by atoms with Crippen LogP contribution in [0.15, 0.2) is 163 Å². The molecule has 2 aliphatic rings. The highest BCUT2D eigenvalue weighted by Crippen LogP contribution is 2.31. The molecule has 2 aliphatic carbocycles. The van der Waals surface area contributed by atoms with E-state index < -0.39 is 0 Å². The predicted molar refractivity (Wildman–Crippen MR) is 176 cm³/mol. The third-order valence-corrected chi connectivity index (χ3v) is 6.62. The Bertz CT molecular complexity index is 1380. The molecule has 0 amide bonds. The largest absolute Gasteiger partial charge is 0.304 e. The van der Waals surface area contributed by atoms with Crippen LogP contribution in [0.3, 0.4) is 0 Å². The van der Waals surface area contributed by atoms with Gasteiger partial charge in [-0.25, -0.2) is 0 Å². The van der Waals surface area contributed by atoms with Gasteiger partial charge < -0.3 is 4.90 Å². The smallest absolute Gasteiger partial charge is 0.0884 e. The summed E-state index contributed by atoms with van der Waals surface area (Å²) < 4.78 is 0. The summed E-state index contributed by atoms with van der Waals surface area (Å²) in [5, 5.41) is 0. The number of hydrogen-bond donors (Lipinski definition) is 0. The minimum Gasteiger partial charge on any atom is -0.304 e. The molecular formula is C39H43N. The molecule has 0 radical (unpaired) electrons. The SMILES string of the molecule is C/C=C\C(=C/C)N(C1=C=CC(c2ccccc2)C=C1)c1ccc(-c2ccccc2)cc1.CC.CC1C=CC=CC1. The van der Waals surface area contributed by atoms with Crippen LogP contribution in [0.2, 0.25) is 0 Å². The summed E-state index contributed by atoms with van der Waals surface area (Å²) in [6.07, 6.45) is 22.8. The molecule has 3 aromatic rings. The predicted octanol–water partition coefficient (Wildman–Crippen LogP) is 11.2. The average molecular weight is 526 g/mol. The summed E-state index contributed by atoms with van der Waals surface area (Å²) in [6, 6.07) is 29.8. The standard InChI is InChI=1S/C30H27N.C7H10.C2H6/c1-3-11-28(4-2)31(29-20-16-26(17-21-29)24-12-7-5-8-13-24)30-22-18-27(19-23-30)25-14-9-6-10-15-25;1-7-5-3-2-4-6-7;1-2/h3-22,27H,1-2H3;2-5,7H,6H2,1H3;1-2H3/b11-3-,28-4+;;. The highest BCUT2D eigenvalue weighted by molar-refractivity contribution is 5.70. The van der Waals surface area contributed by atoms with Crippen molar-refractivity contribution in [1.29, 1.82) is 0 Å². The first-order valence-corrected chi connectivity index (χ1v) is 14.5. The van der Waals surface area contributed by atoms with Gasteiger partial charge in [0.05, 0.1) is 5.70 Å². The Kier molecular flexibility index (Phi) is 12.5. The van der Waals surface area contributed by atoms with Crippen LogP contribution >= 0.6 is 0 Å². The molecule has 0 bridgehead atoms. The van der Waals surface area contributed by atoms with Gasteiger partial charge in [-0.05, 0) is 73.2 Å². The molecule has 0 heterocycles. The summed E-state index contributed by atoms with van der Waals surface area (Å²) in [6.45, 7) is 10.3. The molecule has 0 fully saturated rings. The molecule has 0 aromatic heterocycles. The van der Waals surface area contributed by atoms with Crippen molar-refractivity contribution >= 4 is 5.69 Å². The molecule has 5 rings (SSSR count). The first-order chi connectivity index (χ1) is 19.7. The highest BCUT2D eigenvalue weighted by atomic mass is 15.1. The Morgan fingerprint density at radius 2 is 1.45 bits per heavy atom. The van der Waals surface area contributed by atoms with Crippen molar-refractivity contribution < 1.29 is 0 Å². The maximum atomic E-state index is 3.54. The van der Waals surface area contributed by atoms with Crippen LogP contribution < -0.4 is 4.90 Å². The molecule has 2 unspecified atom stereocenters. The van der Waals surface area contributed by atoms with Crippen molar-refractivity contribution in [3.8, 4) is 11.1 Å². The van der Waals surface area contributed by atoms with E-state index in [2.05, 4.69) is 164 Å². The van der Waals surface area contributed by atoms with Crippen molar-refractivity contribution in [3.63, 3.8) is 0 Å². The number of nitrogens with zero attached hydrogens (tertiary/aromatic N) is 1. The van der Waals surface area contributed by atoms with E-state index in [1.807, 2.05) is 26.8 Å². The average Bonchev–Trinajstić information content (AvgIpc) is 3.04. The van der Waals surface area contributed by atoms with Gasteiger partial charge >= 0.3 is 0 Å². The fourth-order valence-electron chi connectivity index (χ4n) is 4.53. The lowest BCUT2D eigenvalue weighted by atomic mass is 9.96. The first kappa shape index (κ1) is 30.2. The first-order valence-electron chi connectivity index (χ1n) is 14.5. The fraction of sp³-hybridized carbons (Fsp3) is 0.205. The van der Waals surface area contributed by atoms with Gasteiger partial charge in [-0.15, -0.1) is 0 Å². The van der Waals surface area contributed by atoms with E-state index >= 15 is 0 Å². The van der Waals surface area contributed by atoms with Crippen molar-refractivity contribution in [2.45, 2.75) is 47.0 Å². The lowest BCUT2D eigenvalue weighted by Gasteiger charge is -2.27. The Morgan fingerprint density at radius 3 is 1.95 bits per heavy atom. The Labute approximate surface area is 242 Å². The Hall–Kier alpha value is -4.32. The lowest BCUT2D eigenvalue weighted by Crippen LogP contribution is -2.20. The van der Waals surface area contributed by atoms with Gasteiger partial charge in [0.1, 0.15) is 0 Å². The fourth-order valence-corrected chi connectivity index (χ4v) is 4.53. The number of benzene rings is 3. The molecular weight excluding hydrogens is 482 g/mol. The Morgan fingerprint density at radius 1 is 0.800 bits per heavy atom. The molecule has 0 N–H and O–H groups in total. The maximum absolute atomic E-state index is 3.54. The van der Waals surface area contributed by atoms with Crippen LogP contribution in [0.25, 0.3) is 11.1 Å². The van der Waals surface area contributed by atoms with Crippen LogP contribution in [-0.4, -0.2) is 0 Å². The zero-order valence-electron chi connectivity index (χ0n) is 24.7. The highest BCUT2D eigenvalue weighted by Gasteiger charge is 2.16. The number of anilines is 1. The van der Waals surface area contributed by atoms with Crippen LogP contribution in [0.5, 0.6) is 0 Å².